The lowest BCUT2D eigenvalue weighted by atomic mass is 9.94. The minimum absolute atomic E-state index is 0.138. The van der Waals surface area contributed by atoms with Crippen molar-refractivity contribution < 1.29 is 13.2 Å². The molecule has 34 heavy (non-hydrogen) atoms. The maximum atomic E-state index is 13.7. The highest BCUT2D eigenvalue weighted by Gasteiger charge is 2.39. The highest BCUT2D eigenvalue weighted by Crippen LogP contribution is 2.42. The Morgan fingerprint density at radius 1 is 1.15 bits per heavy atom. The fourth-order valence-electron chi connectivity index (χ4n) is 4.58. The van der Waals surface area contributed by atoms with Gasteiger partial charge in [0.15, 0.2) is 0 Å². The number of nitrogens with zero attached hydrogens (tertiary/aromatic N) is 1. The molecule has 0 saturated heterocycles. The fourth-order valence-corrected chi connectivity index (χ4v) is 8.97. The Balaban J connectivity index is 1.34. The predicted octanol–water partition coefficient (Wildman–Crippen LogP) is 4.85. The minimum Gasteiger partial charge on any atom is -0.372 e. The molecule has 184 valence electrons. The molecule has 0 amide bonds. The van der Waals surface area contributed by atoms with Gasteiger partial charge < -0.3 is 5.32 Å². The molecule has 0 aliphatic heterocycles. The van der Waals surface area contributed by atoms with E-state index in [0.29, 0.717) is 30.4 Å². The third kappa shape index (κ3) is 5.69. The maximum absolute atomic E-state index is 13.7. The minimum atomic E-state index is -3.63. The lowest BCUT2D eigenvalue weighted by molar-refractivity contribution is -0.119. The predicted molar refractivity (Wildman–Crippen MR) is 145 cm³/mol. The van der Waals surface area contributed by atoms with Gasteiger partial charge in [0.1, 0.15) is 10.7 Å². The highest BCUT2D eigenvalue weighted by molar-refractivity contribution is 14.1. The van der Waals surface area contributed by atoms with E-state index in [4.69, 9.17) is 0 Å². The van der Waals surface area contributed by atoms with Crippen molar-refractivity contribution in [3.8, 4) is 0 Å². The third-order valence-corrected chi connectivity index (χ3v) is 12.1. The summed E-state index contributed by atoms with van der Waals surface area (Å²) in [4.78, 5) is 15.0. The number of carbonyl (C=O) groups excluding carboxylic acids is 1. The van der Waals surface area contributed by atoms with E-state index in [9.17, 15) is 13.2 Å². The average molecular weight is 614 g/mol. The van der Waals surface area contributed by atoms with Crippen LogP contribution in [0.3, 0.4) is 0 Å². The molecule has 1 unspecified atom stereocenters. The second-order valence-corrected chi connectivity index (χ2v) is 14.8. The zero-order valence-electron chi connectivity index (χ0n) is 19.5. The Morgan fingerprint density at radius 2 is 1.88 bits per heavy atom. The van der Waals surface area contributed by atoms with Gasteiger partial charge in [-0.2, -0.15) is 0 Å². The van der Waals surface area contributed by atoms with Crippen molar-refractivity contribution in [2.75, 3.05) is 18.5 Å². The van der Waals surface area contributed by atoms with E-state index in [0.717, 1.165) is 59.5 Å². The van der Waals surface area contributed by atoms with Crippen LogP contribution in [0.15, 0.2) is 29.2 Å². The molecule has 0 bridgehead atoms. The number of thiophene rings is 1. The zero-order valence-corrected chi connectivity index (χ0v) is 23.3. The van der Waals surface area contributed by atoms with Crippen molar-refractivity contribution in [1.29, 1.82) is 0 Å². The van der Waals surface area contributed by atoms with Gasteiger partial charge in [0.05, 0.1) is 6.67 Å². The monoisotopic (exact) mass is 613 g/mol. The number of sulfonamides is 1. The molecule has 3 aliphatic rings. The van der Waals surface area contributed by atoms with Crippen LogP contribution < -0.4 is 10.6 Å². The normalized spacial score (nSPS) is 20.4. The lowest BCUT2D eigenvalue weighted by Gasteiger charge is -2.25. The Labute approximate surface area is 220 Å². The van der Waals surface area contributed by atoms with Crippen molar-refractivity contribution in [3.05, 3.63) is 45.1 Å². The van der Waals surface area contributed by atoms with Crippen LogP contribution in [0.25, 0.3) is 0 Å². The van der Waals surface area contributed by atoms with Crippen molar-refractivity contribution in [2.24, 2.45) is 11.8 Å². The first-order valence-electron chi connectivity index (χ1n) is 12.2. The van der Waals surface area contributed by atoms with Crippen LogP contribution >= 0.6 is 34.2 Å². The van der Waals surface area contributed by atoms with Gasteiger partial charge in [-0.05, 0) is 75.5 Å². The van der Waals surface area contributed by atoms with Crippen LogP contribution in [0.2, 0.25) is 0 Å². The summed E-state index contributed by atoms with van der Waals surface area (Å²) < 4.78 is 29.0. The Morgan fingerprint density at radius 3 is 2.56 bits per heavy atom. The summed E-state index contributed by atoms with van der Waals surface area (Å²) in [6.07, 6.45) is 6.87. The molecule has 1 atom stereocenters. The molecule has 0 spiro atoms. The summed E-state index contributed by atoms with van der Waals surface area (Å²) in [5, 5.41) is 6.97. The second-order valence-electron chi connectivity index (χ2n) is 9.96. The molecular formula is C25H32IN3O3S2. The number of rotatable bonds is 11. The summed E-state index contributed by atoms with van der Waals surface area (Å²) in [5.41, 5.74) is 3.24. The zero-order chi connectivity index (χ0) is 23.9. The first kappa shape index (κ1) is 24.7. The molecule has 2 aromatic rings. The number of fused-ring (bicyclic) bond motifs is 1. The Bertz CT molecular complexity index is 1150. The molecule has 3 aliphatic carbocycles. The third-order valence-electron chi connectivity index (χ3n) is 7.00. The molecule has 2 N–H and O–H groups in total. The van der Waals surface area contributed by atoms with Crippen molar-refractivity contribution in [3.63, 3.8) is 0 Å². The molecule has 1 aromatic heterocycles. The molecule has 9 heteroatoms. The molecule has 6 nitrogen and oxygen atoms in total. The largest absolute Gasteiger partial charge is 0.372 e. The number of ketones is 1. The molecule has 0 radical (unpaired) electrons. The SMILES string of the molecule is Cc1ccc(NCNC2CCc3sc(CC(=O)C4CC4)c(S(=O)(=O)N(I)CC4CC4)c3C2)cc1. The topological polar surface area (TPSA) is 78.5 Å². The van der Waals surface area contributed by atoms with E-state index in [1.54, 1.807) is 11.3 Å². The summed E-state index contributed by atoms with van der Waals surface area (Å²) in [6.45, 7) is 3.26. The maximum Gasteiger partial charge on any atom is 0.253 e. The molecule has 2 fully saturated rings. The van der Waals surface area contributed by atoms with Crippen LogP contribution in [0.1, 0.15) is 53.0 Å². The average Bonchev–Trinajstić information content (AvgIpc) is 3.72. The fraction of sp³-hybridized carbons (Fsp3) is 0.560. The quantitative estimate of drug-likeness (QED) is 0.216. The van der Waals surface area contributed by atoms with Crippen molar-refractivity contribution in [2.45, 2.75) is 69.2 Å². The van der Waals surface area contributed by atoms with Gasteiger partial charge in [-0.3, -0.25) is 10.1 Å². The van der Waals surface area contributed by atoms with Crippen molar-refractivity contribution in [1.82, 2.24) is 7.84 Å². The number of nitrogens with one attached hydrogen (secondary N) is 2. The second kappa shape index (κ2) is 10.2. The first-order valence-corrected chi connectivity index (χ1v) is 15.4. The van der Waals surface area contributed by atoms with Gasteiger partial charge in [-0.15, -0.1) is 13.9 Å². The molecule has 1 aromatic carbocycles. The smallest absolute Gasteiger partial charge is 0.253 e. The van der Waals surface area contributed by atoms with Crippen molar-refractivity contribution >= 4 is 55.7 Å². The number of hydrogen-bond donors (Lipinski definition) is 2. The van der Waals surface area contributed by atoms with Crippen LogP contribution in [0, 0.1) is 18.8 Å². The van der Waals surface area contributed by atoms with Gasteiger partial charge in [-0.25, -0.2) is 8.42 Å². The summed E-state index contributed by atoms with van der Waals surface area (Å²) in [7, 11) is -3.63. The summed E-state index contributed by atoms with van der Waals surface area (Å²) in [6, 6.07) is 8.50. The van der Waals surface area contributed by atoms with Gasteiger partial charge in [0.2, 0.25) is 0 Å². The van der Waals surface area contributed by atoms with E-state index in [-0.39, 0.29) is 24.2 Å². The van der Waals surface area contributed by atoms with E-state index in [2.05, 4.69) is 41.8 Å². The molecular weight excluding hydrogens is 581 g/mol. The molecule has 2 saturated carbocycles. The van der Waals surface area contributed by atoms with E-state index in [1.165, 1.54) is 8.08 Å². The van der Waals surface area contributed by atoms with Crippen LogP contribution in [0.4, 0.5) is 5.69 Å². The Hall–Kier alpha value is -1.01. The number of hydrogen-bond acceptors (Lipinski definition) is 6. The first-order chi connectivity index (χ1) is 16.3. The number of anilines is 1. The van der Waals surface area contributed by atoms with Crippen LogP contribution in [0.5, 0.6) is 0 Å². The van der Waals surface area contributed by atoms with Gasteiger partial charge in [-0.1, -0.05) is 17.7 Å². The van der Waals surface area contributed by atoms with E-state index in [1.807, 2.05) is 22.9 Å². The number of benzene rings is 1. The molecule has 1 heterocycles. The van der Waals surface area contributed by atoms with Gasteiger partial charge in [0, 0.05) is 63.2 Å². The number of Topliss-reactive ketones (excluding diaryl/α,β-unsaturated/α-hetero) is 1. The van der Waals surface area contributed by atoms with Gasteiger partial charge >= 0.3 is 0 Å². The van der Waals surface area contributed by atoms with Crippen LogP contribution in [-0.4, -0.2) is 36.0 Å². The molecule has 5 rings (SSSR count). The van der Waals surface area contributed by atoms with Crippen LogP contribution in [-0.2, 0) is 34.1 Å². The van der Waals surface area contributed by atoms with Gasteiger partial charge in [0.25, 0.3) is 10.0 Å². The summed E-state index contributed by atoms with van der Waals surface area (Å²) in [5.74, 6) is 0.813. The Kier molecular flexibility index (Phi) is 7.37. The highest BCUT2D eigenvalue weighted by atomic mass is 127. The van der Waals surface area contributed by atoms with E-state index >= 15 is 0 Å². The number of aryl methyl sites for hydroxylation is 2. The summed E-state index contributed by atoms with van der Waals surface area (Å²) >= 11 is 3.53. The lowest BCUT2D eigenvalue weighted by Crippen LogP contribution is -2.38. The van der Waals surface area contributed by atoms with E-state index < -0.39 is 10.0 Å². The number of carbonyl (C=O) groups is 1. The number of halogens is 1. The standard InChI is InChI=1S/C25H32IN3O3S2/c1-16-2-8-19(9-3-16)27-15-28-20-10-11-23-21(12-20)25(24(33-23)13-22(30)18-6-7-18)34(31,32)29(26)14-17-4-5-17/h2-3,8-9,17-18,20,27-28H,4-7,10-15H2,1H3.